The van der Waals surface area contributed by atoms with Gasteiger partial charge in [-0.15, -0.1) is 0 Å². The zero-order chi connectivity index (χ0) is 22.6. The van der Waals surface area contributed by atoms with Crippen LogP contribution in [0.2, 0.25) is 0 Å². The fourth-order valence-electron chi connectivity index (χ4n) is 4.25. The van der Waals surface area contributed by atoms with Crippen molar-refractivity contribution in [1.82, 2.24) is 20.0 Å². The Morgan fingerprint density at radius 2 is 1.85 bits per heavy atom. The summed E-state index contributed by atoms with van der Waals surface area (Å²) in [5.74, 6) is 0. The number of aromatic nitrogens is 2. The molecule has 1 fully saturated rings. The molecule has 2 aromatic heterocycles. The first-order valence-electron chi connectivity index (χ1n) is 11.4. The van der Waals surface area contributed by atoms with Gasteiger partial charge in [0.25, 0.3) is 0 Å². The highest BCUT2D eigenvalue weighted by molar-refractivity contribution is 5.90. The third-order valence-corrected chi connectivity index (χ3v) is 5.95. The summed E-state index contributed by atoms with van der Waals surface area (Å²) in [6.07, 6.45) is 3.93. The minimum Gasteiger partial charge on any atom is -0.369 e. The summed E-state index contributed by atoms with van der Waals surface area (Å²) in [6.45, 7) is 6.63. The highest BCUT2D eigenvalue weighted by atomic mass is 16.2. The molecule has 174 valence electrons. The molecule has 5 rings (SSSR count). The standard InChI is InChI=1S/C26H28N6O.3H2/c1-2-28-26(33)30-22-5-3-4-21(16-22)24-18-29-25-17-20(10-13-32(24)25)19-6-8-23(9-7-19)31-14-11-27-12-15-31;;;/h3-10,13,16-18,27H,2,11-12,14-15H2,1H3,(H2,28,30,33);3*1H. The monoisotopic (exact) mass is 446 g/mol. The Morgan fingerprint density at radius 1 is 1.03 bits per heavy atom. The number of rotatable bonds is 5. The molecular weight excluding hydrogens is 412 g/mol. The Morgan fingerprint density at radius 3 is 2.64 bits per heavy atom. The lowest BCUT2D eigenvalue weighted by Crippen LogP contribution is -2.43. The molecule has 4 aromatic rings. The van der Waals surface area contributed by atoms with E-state index in [2.05, 4.69) is 72.8 Å². The van der Waals surface area contributed by atoms with Crippen molar-refractivity contribution in [3.8, 4) is 22.4 Å². The van der Waals surface area contributed by atoms with E-state index in [4.69, 9.17) is 0 Å². The van der Waals surface area contributed by atoms with Crippen LogP contribution < -0.4 is 20.9 Å². The van der Waals surface area contributed by atoms with E-state index in [1.54, 1.807) is 0 Å². The van der Waals surface area contributed by atoms with Crippen molar-refractivity contribution in [3.63, 3.8) is 0 Å². The van der Waals surface area contributed by atoms with Crippen LogP contribution in [0.25, 0.3) is 28.0 Å². The average molecular weight is 447 g/mol. The Labute approximate surface area is 197 Å². The third kappa shape index (κ3) is 4.54. The summed E-state index contributed by atoms with van der Waals surface area (Å²) in [5.41, 5.74) is 7.18. The number of amides is 2. The summed E-state index contributed by atoms with van der Waals surface area (Å²) in [4.78, 5) is 18.9. The Hall–Kier alpha value is -3.84. The number of hydrogen-bond donors (Lipinski definition) is 3. The Kier molecular flexibility index (Phi) is 5.95. The van der Waals surface area contributed by atoms with Crippen molar-refractivity contribution < 1.29 is 9.07 Å². The maximum atomic E-state index is 11.9. The van der Waals surface area contributed by atoms with Crippen LogP contribution in [0.1, 0.15) is 11.2 Å². The first-order chi connectivity index (χ1) is 16.2. The van der Waals surface area contributed by atoms with Crippen molar-refractivity contribution in [2.45, 2.75) is 6.92 Å². The van der Waals surface area contributed by atoms with Crippen LogP contribution in [0.5, 0.6) is 0 Å². The number of nitrogens with zero attached hydrogens (tertiary/aromatic N) is 3. The van der Waals surface area contributed by atoms with E-state index >= 15 is 0 Å². The zero-order valence-corrected chi connectivity index (χ0v) is 18.7. The van der Waals surface area contributed by atoms with Gasteiger partial charge in [-0.1, -0.05) is 24.3 Å². The lowest BCUT2D eigenvalue weighted by molar-refractivity contribution is 0.252. The largest absolute Gasteiger partial charge is 0.369 e. The van der Waals surface area contributed by atoms with E-state index < -0.39 is 0 Å². The minimum atomic E-state index is -0.208. The van der Waals surface area contributed by atoms with Crippen LogP contribution in [0.15, 0.2) is 73.1 Å². The van der Waals surface area contributed by atoms with Crippen molar-refractivity contribution in [2.24, 2.45) is 0 Å². The van der Waals surface area contributed by atoms with Gasteiger partial charge >= 0.3 is 6.03 Å². The van der Waals surface area contributed by atoms with Gasteiger partial charge < -0.3 is 20.9 Å². The Bertz CT molecular complexity index is 1270. The number of pyridine rings is 1. The molecule has 0 radical (unpaired) electrons. The number of piperazine rings is 1. The minimum absolute atomic E-state index is 0. The van der Waals surface area contributed by atoms with Crippen molar-refractivity contribution in [1.29, 1.82) is 0 Å². The second-order valence-corrected chi connectivity index (χ2v) is 8.14. The van der Waals surface area contributed by atoms with E-state index in [1.165, 1.54) is 11.3 Å². The maximum absolute atomic E-state index is 11.9. The number of fused-ring (bicyclic) bond motifs is 1. The molecule has 0 unspecified atom stereocenters. The average Bonchev–Trinajstić information content (AvgIpc) is 3.28. The van der Waals surface area contributed by atoms with E-state index in [0.717, 1.165) is 54.3 Å². The van der Waals surface area contributed by atoms with E-state index in [9.17, 15) is 4.79 Å². The summed E-state index contributed by atoms with van der Waals surface area (Å²) in [5, 5.41) is 9.01. The fraction of sp³-hybridized carbons (Fsp3) is 0.231. The molecule has 0 saturated carbocycles. The van der Waals surface area contributed by atoms with Gasteiger partial charge in [-0.25, -0.2) is 9.78 Å². The van der Waals surface area contributed by atoms with Crippen molar-refractivity contribution in [3.05, 3.63) is 73.1 Å². The topological polar surface area (TPSA) is 73.7 Å². The molecule has 33 heavy (non-hydrogen) atoms. The van der Waals surface area contributed by atoms with Crippen LogP contribution in [0.4, 0.5) is 16.2 Å². The summed E-state index contributed by atoms with van der Waals surface area (Å²) in [6, 6.07) is 20.6. The van der Waals surface area contributed by atoms with Crippen molar-refractivity contribution in [2.75, 3.05) is 42.9 Å². The second kappa shape index (κ2) is 9.34. The quantitative estimate of drug-likeness (QED) is 0.405. The summed E-state index contributed by atoms with van der Waals surface area (Å²) >= 11 is 0. The van der Waals surface area contributed by atoms with Crippen LogP contribution in [-0.2, 0) is 0 Å². The first-order valence-corrected chi connectivity index (χ1v) is 11.4. The van der Waals surface area contributed by atoms with Gasteiger partial charge in [-0.3, -0.25) is 4.40 Å². The van der Waals surface area contributed by atoms with Gasteiger partial charge in [0, 0.05) is 60.1 Å². The number of imidazole rings is 1. The fourth-order valence-corrected chi connectivity index (χ4v) is 4.25. The molecule has 2 amide bonds. The molecule has 1 aliphatic rings. The molecule has 2 aromatic carbocycles. The number of carbonyl (C=O) groups excluding carboxylic acids is 1. The van der Waals surface area contributed by atoms with Crippen LogP contribution in [0.3, 0.4) is 0 Å². The third-order valence-electron chi connectivity index (χ3n) is 5.95. The summed E-state index contributed by atoms with van der Waals surface area (Å²) in [7, 11) is 0. The molecule has 0 bridgehead atoms. The lowest BCUT2D eigenvalue weighted by atomic mass is 10.1. The van der Waals surface area contributed by atoms with Crippen LogP contribution in [0, 0.1) is 0 Å². The van der Waals surface area contributed by atoms with Crippen molar-refractivity contribution >= 4 is 23.1 Å². The second-order valence-electron chi connectivity index (χ2n) is 8.14. The Balaban J connectivity index is 0.00000152. The number of benzene rings is 2. The molecule has 1 aliphatic heterocycles. The molecule has 1 saturated heterocycles. The normalized spacial score (nSPS) is 13.8. The predicted octanol–water partition coefficient (Wildman–Crippen LogP) is 4.96. The number of hydrogen-bond acceptors (Lipinski definition) is 4. The van der Waals surface area contributed by atoms with Gasteiger partial charge in [0.05, 0.1) is 11.9 Å². The number of carbonyl (C=O) groups is 1. The van der Waals surface area contributed by atoms with Crippen LogP contribution >= 0.6 is 0 Å². The molecule has 7 heteroatoms. The number of anilines is 2. The van der Waals surface area contributed by atoms with E-state index in [1.807, 2.05) is 37.4 Å². The first kappa shape index (κ1) is 21.0. The van der Waals surface area contributed by atoms with Gasteiger partial charge in [0.2, 0.25) is 0 Å². The lowest BCUT2D eigenvalue weighted by Gasteiger charge is -2.29. The molecule has 0 spiro atoms. The molecule has 0 atom stereocenters. The highest BCUT2D eigenvalue weighted by Crippen LogP contribution is 2.28. The molecule has 0 aliphatic carbocycles. The predicted molar refractivity (Wildman–Crippen MR) is 140 cm³/mol. The highest BCUT2D eigenvalue weighted by Gasteiger charge is 2.12. The van der Waals surface area contributed by atoms with Gasteiger partial charge in [0.15, 0.2) is 0 Å². The zero-order valence-electron chi connectivity index (χ0n) is 18.7. The van der Waals surface area contributed by atoms with Gasteiger partial charge in [-0.05, 0) is 54.4 Å². The molecular formula is C26H34N6O. The number of urea groups is 1. The van der Waals surface area contributed by atoms with Gasteiger partial charge in [0.1, 0.15) is 5.65 Å². The molecule has 3 N–H and O–H groups in total. The SMILES string of the molecule is CCNC(=O)Nc1cccc(-c2cnc3cc(-c4ccc(N5CCNCC5)cc4)ccn23)c1.[HH].[HH].[HH]. The molecule has 3 heterocycles. The van der Waals surface area contributed by atoms with Gasteiger partial charge in [-0.2, -0.15) is 0 Å². The summed E-state index contributed by atoms with van der Waals surface area (Å²) < 4.78 is 2.07. The van der Waals surface area contributed by atoms with E-state index in [-0.39, 0.29) is 10.3 Å². The smallest absolute Gasteiger partial charge is 0.319 e. The van der Waals surface area contributed by atoms with Crippen LogP contribution in [-0.4, -0.2) is 48.1 Å². The van der Waals surface area contributed by atoms with E-state index in [0.29, 0.717) is 6.54 Å². The maximum Gasteiger partial charge on any atom is 0.319 e. The number of nitrogens with one attached hydrogen (secondary N) is 3. The molecule has 7 nitrogen and oxygen atoms in total.